The van der Waals surface area contributed by atoms with Crippen molar-refractivity contribution in [3.8, 4) is 0 Å². The SMILES string of the molecule is CN(CCc1ccccc1C(=O)O)C1CS(=O)(=O)CC1O. The van der Waals surface area contributed by atoms with E-state index in [9.17, 15) is 18.3 Å². The van der Waals surface area contributed by atoms with Crippen LogP contribution in [0, 0.1) is 0 Å². The fourth-order valence-corrected chi connectivity index (χ4v) is 4.52. The first-order chi connectivity index (χ1) is 9.80. The van der Waals surface area contributed by atoms with Crippen molar-refractivity contribution < 1.29 is 23.4 Å². The van der Waals surface area contributed by atoms with E-state index in [1.165, 1.54) is 0 Å². The molecule has 0 spiro atoms. The third-order valence-corrected chi connectivity index (χ3v) is 5.54. The van der Waals surface area contributed by atoms with Crippen LogP contribution in [0.25, 0.3) is 0 Å². The lowest BCUT2D eigenvalue weighted by molar-refractivity contribution is 0.0694. The fourth-order valence-electron chi connectivity index (χ4n) is 2.64. The number of carboxylic acids is 1. The highest BCUT2D eigenvalue weighted by Crippen LogP contribution is 2.18. The van der Waals surface area contributed by atoms with Gasteiger partial charge < -0.3 is 10.2 Å². The van der Waals surface area contributed by atoms with E-state index in [1.807, 2.05) is 0 Å². The Labute approximate surface area is 123 Å². The predicted octanol–water partition coefficient (Wildman–Crippen LogP) is 0.0170. The molecule has 1 fully saturated rings. The summed E-state index contributed by atoms with van der Waals surface area (Å²) < 4.78 is 23.0. The topological polar surface area (TPSA) is 94.9 Å². The number of hydrogen-bond acceptors (Lipinski definition) is 5. The molecule has 1 saturated heterocycles. The van der Waals surface area contributed by atoms with E-state index in [1.54, 1.807) is 36.2 Å². The molecule has 1 heterocycles. The number of aliphatic hydroxyl groups is 1. The van der Waals surface area contributed by atoms with E-state index in [4.69, 9.17) is 5.11 Å². The minimum Gasteiger partial charge on any atom is -0.478 e. The molecule has 0 bridgehead atoms. The summed E-state index contributed by atoms with van der Waals surface area (Å²) in [5, 5.41) is 18.9. The lowest BCUT2D eigenvalue weighted by atomic mass is 10.0. The molecule has 2 unspecified atom stereocenters. The summed E-state index contributed by atoms with van der Waals surface area (Å²) in [6.45, 7) is 0.488. The maximum Gasteiger partial charge on any atom is 0.335 e. The molecule has 1 aliphatic rings. The number of carboxylic acid groups (broad SMARTS) is 1. The Morgan fingerprint density at radius 1 is 1.33 bits per heavy atom. The second-order valence-electron chi connectivity index (χ2n) is 5.40. The van der Waals surface area contributed by atoms with Crippen molar-refractivity contribution in [3.05, 3.63) is 35.4 Å². The number of rotatable bonds is 5. The van der Waals surface area contributed by atoms with Gasteiger partial charge in [-0.2, -0.15) is 0 Å². The highest BCUT2D eigenvalue weighted by Gasteiger charge is 2.38. The van der Waals surface area contributed by atoms with E-state index >= 15 is 0 Å². The molecule has 116 valence electrons. The van der Waals surface area contributed by atoms with Gasteiger partial charge in [-0.15, -0.1) is 0 Å². The molecule has 7 heteroatoms. The minimum absolute atomic E-state index is 0.0504. The maximum atomic E-state index is 11.5. The van der Waals surface area contributed by atoms with Crippen molar-refractivity contribution >= 4 is 15.8 Å². The zero-order valence-corrected chi connectivity index (χ0v) is 12.6. The monoisotopic (exact) mass is 313 g/mol. The summed E-state index contributed by atoms with van der Waals surface area (Å²) in [7, 11) is -1.43. The van der Waals surface area contributed by atoms with E-state index in [0.717, 1.165) is 0 Å². The van der Waals surface area contributed by atoms with Crippen molar-refractivity contribution in [2.24, 2.45) is 0 Å². The van der Waals surface area contributed by atoms with Crippen molar-refractivity contribution in [2.45, 2.75) is 18.6 Å². The first kappa shape index (κ1) is 15.9. The number of hydrogen-bond donors (Lipinski definition) is 2. The summed E-state index contributed by atoms with van der Waals surface area (Å²) >= 11 is 0. The molecule has 1 aliphatic heterocycles. The van der Waals surface area contributed by atoms with Crippen LogP contribution >= 0.6 is 0 Å². The van der Waals surface area contributed by atoms with Gasteiger partial charge in [0.05, 0.1) is 29.2 Å². The van der Waals surface area contributed by atoms with Crippen LogP contribution in [0.5, 0.6) is 0 Å². The Bertz CT molecular complexity index is 628. The quantitative estimate of drug-likeness (QED) is 0.795. The zero-order valence-electron chi connectivity index (χ0n) is 11.8. The molecular weight excluding hydrogens is 294 g/mol. The van der Waals surface area contributed by atoms with Crippen molar-refractivity contribution in [3.63, 3.8) is 0 Å². The molecular formula is C14H19NO5S. The van der Waals surface area contributed by atoms with Crippen LogP contribution in [0.1, 0.15) is 15.9 Å². The molecule has 2 rings (SSSR count). The first-order valence-electron chi connectivity index (χ1n) is 6.70. The van der Waals surface area contributed by atoms with Crippen molar-refractivity contribution in [1.82, 2.24) is 4.90 Å². The molecule has 2 atom stereocenters. The van der Waals surface area contributed by atoms with Gasteiger partial charge in [0.2, 0.25) is 0 Å². The van der Waals surface area contributed by atoms with Gasteiger partial charge in [0.1, 0.15) is 0 Å². The average molecular weight is 313 g/mol. The Hall–Kier alpha value is -1.44. The summed E-state index contributed by atoms with van der Waals surface area (Å²) in [6.07, 6.45) is -0.392. The molecule has 0 amide bonds. The molecule has 0 radical (unpaired) electrons. The van der Waals surface area contributed by atoms with Gasteiger partial charge in [-0.05, 0) is 25.1 Å². The summed E-state index contributed by atoms with van der Waals surface area (Å²) in [4.78, 5) is 12.9. The normalized spacial score (nSPS) is 24.3. The zero-order chi connectivity index (χ0) is 15.6. The lowest BCUT2D eigenvalue weighted by Gasteiger charge is -2.25. The van der Waals surface area contributed by atoms with Crippen LogP contribution in [0.15, 0.2) is 24.3 Å². The number of benzene rings is 1. The van der Waals surface area contributed by atoms with Crippen LogP contribution in [-0.4, -0.2) is 66.7 Å². The van der Waals surface area contributed by atoms with Crippen LogP contribution in [-0.2, 0) is 16.3 Å². The lowest BCUT2D eigenvalue weighted by Crippen LogP contribution is -2.41. The fraction of sp³-hybridized carbons (Fsp3) is 0.500. The maximum absolute atomic E-state index is 11.5. The third kappa shape index (κ3) is 3.81. The minimum atomic E-state index is -3.18. The second kappa shape index (κ2) is 6.13. The highest BCUT2D eigenvalue weighted by molar-refractivity contribution is 7.91. The number of nitrogens with zero attached hydrogens (tertiary/aromatic N) is 1. The largest absolute Gasteiger partial charge is 0.478 e. The molecule has 6 nitrogen and oxygen atoms in total. The molecule has 1 aromatic rings. The van der Waals surface area contributed by atoms with Gasteiger partial charge in [-0.3, -0.25) is 4.90 Å². The van der Waals surface area contributed by atoms with E-state index in [0.29, 0.717) is 18.5 Å². The smallest absolute Gasteiger partial charge is 0.335 e. The van der Waals surface area contributed by atoms with E-state index in [-0.39, 0.29) is 17.1 Å². The Balaban J connectivity index is 2.02. The number of carbonyl (C=O) groups is 1. The van der Waals surface area contributed by atoms with E-state index < -0.39 is 28.0 Å². The summed E-state index contributed by atoms with van der Waals surface area (Å²) in [5.41, 5.74) is 0.956. The van der Waals surface area contributed by atoms with Gasteiger partial charge in [-0.1, -0.05) is 18.2 Å². The average Bonchev–Trinajstić information content (AvgIpc) is 2.69. The summed E-state index contributed by atoms with van der Waals surface area (Å²) in [5.74, 6) is -1.23. The highest BCUT2D eigenvalue weighted by atomic mass is 32.2. The van der Waals surface area contributed by atoms with Crippen LogP contribution in [0.2, 0.25) is 0 Å². The van der Waals surface area contributed by atoms with Crippen LogP contribution in [0.3, 0.4) is 0 Å². The molecule has 21 heavy (non-hydrogen) atoms. The molecule has 1 aromatic carbocycles. The molecule has 0 aromatic heterocycles. The van der Waals surface area contributed by atoms with Crippen molar-refractivity contribution in [1.29, 1.82) is 0 Å². The Kier molecular flexibility index (Phi) is 4.65. The number of aliphatic hydroxyl groups excluding tert-OH is 1. The number of aromatic carboxylic acids is 1. The summed E-state index contributed by atoms with van der Waals surface area (Å²) in [6, 6.07) is 6.32. The van der Waals surface area contributed by atoms with Gasteiger partial charge in [0.25, 0.3) is 0 Å². The molecule has 0 aliphatic carbocycles. The number of sulfone groups is 1. The second-order valence-corrected chi connectivity index (χ2v) is 7.56. The number of likely N-dealkylation sites (N-methyl/N-ethyl adjacent to an activating group) is 1. The first-order valence-corrected chi connectivity index (χ1v) is 8.52. The van der Waals surface area contributed by atoms with Gasteiger partial charge in [-0.25, -0.2) is 13.2 Å². The van der Waals surface area contributed by atoms with E-state index in [2.05, 4.69) is 0 Å². The van der Waals surface area contributed by atoms with Gasteiger partial charge in [0.15, 0.2) is 9.84 Å². The molecule has 0 saturated carbocycles. The Morgan fingerprint density at radius 3 is 2.57 bits per heavy atom. The van der Waals surface area contributed by atoms with Crippen LogP contribution < -0.4 is 0 Å². The van der Waals surface area contributed by atoms with Crippen molar-refractivity contribution in [2.75, 3.05) is 25.1 Å². The standard InChI is InChI=1S/C14H19NO5S/c1-15(12-8-21(19,20)9-13(12)16)7-6-10-4-2-3-5-11(10)14(17)18/h2-5,12-13,16H,6-9H2,1H3,(H,17,18). The third-order valence-electron chi connectivity index (χ3n) is 3.84. The van der Waals surface area contributed by atoms with Gasteiger partial charge in [0, 0.05) is 6.54 Å². The van der Waals surface area contributed by atoms with Gasteiger partial charge >= 0.3 is 5.97 Å². The molecule has 2 N–H and O–H groups in total. The predicted molar refractivity (Wildman–Crippen MR) is 78.2 cm³/mol. The Morgan fingerprint density at radius 2 is 2.00 bits per heavy atom. The van der Waals surface area contributed by atoms with Crippen LogP contribution in [0.4, 0.5) is 0 Å².